The fourth-order valence-corrected chi connectivity index (χ4v) is 3.43. The van der Waals surface area contributed by atoms with Crippen LogP contribution in [0.2, 0.25) is 0 Å². The Balaban J connectivity index is 1.46. The average molecular weight is 368 g/mol. The number of nitrogens with one attached hydrogen (secondary N) is 1. The summed E-state index contributed by atoms with van der Waals surface area (Å²) in [6.07, 6.45) is 2.74. The molecule has 1 saturated heterocycles. The number of nitrogens with zero attached hydrogens (tertiary/aromatic N) is 1. The number of carbonyl (C=O) groups is 2. The summed E-state index contributed by atoms with van der Waals surface area (Å²) in [5.74, 6) is -0.496. The molecule has 2 aromatic carbocycles. The highest BCUT2D eigenvalue weighted by molar-refractivity contribution is 5.83. The summed E-state index contributed by atoms with van der Waals surface area (Å²) in [7, 11) is 0. The standard InChI is InChI=1S/C22H25FN2O2/c23-20-10-4-8-18(14-20)15-25-16-19(11-12-21(25)26)22(27)24-13-5-9-17-6-2-1-3-7-17/h1-4,6-8,10,14,19H,5,9,11-13,15-16H2,(H,24,27). The molecule has 0 spiro atoms. The van der Waals surface area contributed by atoms with E-state index in [-0.39, 0.29) is 23.5 Å². The highest BCUT2D eigenvalue weighted by atomic mass is 19.1. The summed E-state index contributed by atoms with van der Waals surface area (Å²) in [5.41, 5.74) is 2.00. The van der Waals surface area contributed by atoms with E-state index >= 15 is 0 Å². The van der Waals surface area contributed by atoms with Crippen LogP contribution in [0.25, 0.3) is 0 Å². The molecular formula is C22H25FN2O2. The molecule has 1 unspecified atom stereocenters. The third-order valence-electron chi connectivity index (χ3n) is 4.92. The van der Waals surface area contributed by atoms with E-state index < -0.39 is 0 Å². The maximum Gasteiger partial charge on any atom is 0.224 e. The van der Waals surface area contributed by atoms with Crippen molar-refractivity contribution in [3.05, 3.63) is 71.5 Å². The van der Waals surface area contributed by atoms with Crippen molar-refractivity contribution in [2.45, 2.75) is 32.2 Å². The number of halogens is 1. The predicted octanol–water partition coefficient (Wildman–Crippen LogP) is 3.31. The molecule has 4 nitrogen and oxygen atoms in total. The van der Waals surface area contributed by atoms with Crippen molar-refractivity contribution in [2.24, 2.45) is 5.92 Å². The number of amides is 2. The Hall–Kier alpha value is -2.69. The fraction of sp³-hybridized carbons (Fsp3) is 0.364. The van der Waals surface area contributed by atoms with Crippen LogP contribution in [-0.4, -0.2) is 29.8 Å². The summed E-state index contributed by atoms with van der Waals surface area (Å²) in [4.78, 5) is 26.3. The fourth-order valence-electron chi connectivity index (χ4n) is 3.43. The summed E-state index contributed by atoms with van der Waals surface area (Å²) < 4.78 is 13.4. The van der Waals surface area contributed by atoms with Crippen LogP contribution >= 0.6 is 0 Å². The first-order valence-electron chi connectivity index (χ1n) is 9.45. The molecule has 1 N–H and O–H groups in total. The van der Waals surface area contributed by atoms with Gasteiger partial charge in [-0.3, -0.25) is 9.59 Å². The first-order valence-corrected chi connectivity index (χ1v) is 9.45. The minimum absolute atomic E-state index is 0.000182. The van der Waals surface area contributed by atoms with Gasteiger partial charge in [-0.15, -0.1) is 0 Å². The summed E-state index contributed by atoms with van der Waals surface area (Å²) in [6, 6.07) is 16.4. The van der Waals surface area contributed by atoms with Gasteiger partial charge in [-0.25, -0.2) is 4.39 Å². The van der Waals surface area contributed by atoms with Gasteiger partial charge < -0.3 is 10.2 Å². The van der Waals surface area contributed by atoms with Crippen LogP contribution in [0.15, 0.2) is 54.6 Å². The quantitative estimate of drug-likeness (QED) is 0.762. The molecule has 1 aliphatic heterocycles. The number of piperidine rings is 1. The second kappa shape index (κ2) is 9.31. The Morgan fingerprint density at radius 1 is 1.11 bits per heavy atom. The van der Waals surface area contributed by atoms with Crippen LogP contribution < -0.4 is 5.32 Å². The number of hydrogen-bond acceptors (Lipinski definition) is 2. The van der Waals surface area contributed by atoms with Crippen molar-refractivity contribution >= 4 is 11.8 Å². The van der Waals surface area contributed by atoms with Crippen molar-refractivity contribution in [1.29, 1.82) is 0 Å². The molecule has 3 rings (SSSR count). The van der Waals surface area contributed by atoms with Crippen molar-refractivity contribution in [3.8, 4) is 0 Å². The van der Waals surface area contributed by atoms with Gasteiger partial charge in [0, 0.05) is 26.1 Å². The predicted molar refractivity (Wildman–Crippen MR) is 102 cm³/mol. The summed E-state index contributed by atoms with van der Waals surface area (Å²) in [6.45, 7) is 1.36. The van der Waals surface area contributed by atoms with Crippen LogP contribution in [-0.2, 0) is 22.6 Å². The summed E-state index contributed by atoms with van der Waals surface area (Å²) in [5, 5.41) is 2.99. The smallest absolute Gasteiger partial charge is 0.224 e. The van der Waals surface area contributed by atoms with E-state index in [9.17, 15) is 14.0 Å². The van der Waals surface area contributed by atoms with E-state index in [1.54, 1.807) is 17.0 Å². The van der Waals surface area contributed by atoms with Gasteiger partial charge in [0.2, 0.25) is 11.8 Å². The minimum Gasteiger partial charge on any atom is -0.356 e. The van der Waals surface area contributed by atoms with E-state index in [0.29, 0.717) is 32.5 Å². The zero-order valence-electron chi connectivity index (χ0n) is 15.4. The maximum absolute atomic E-state index is 13.4. The normalized spacial score (nSPS) is 17.0. The van der Waals surface area contributed by atoms with Crippen molar-refractivity contribution in [3.63, 3.8) is 0 Å². The van der Waals surface area contributed by atoms with Crippen molar-refractivity contribution in [2.75, 3.05) is 13.1 Å². The number of likely N-dealkylation sites (tertiary alicyclic amines) is 1. The van der Waals surface area contributed by atoms with Gasteiger partial charge in [-0.05, 0) is 42.5 Å². The first-order chi connectivity index (χ1) is 13.1. The number of carbonyl (C=O) groups excluding carboxylic acids is 2. The number of benzene rings is 2. The average Bonchev–Trinajstić information content (AvgIpc) is 2.68. The second-order valence-corrected chi connectivity index (χ2v) is 7.02. The monoisotopic (exact) mass is 368 g/mol. The zero-order valence-corrected chi connectivity index (χ0v) is 15.4. The van der Waals surface area contributed by atoms with Crippen molar-refractivity contribution < 1.29 is 14.0 Å². The van der Waals surface area contributed by atoms with Gasteiger partial charge in [-0.1, -0.05) is 42.5 Å². The maximum atomic E-state index is 13.4. The molecule has 1 aliphatic rings. The number of hydrogen-bond donors (Lipinski definition) is 1. The van der Waals surface area contributed by atoms with Gasteiger partial charge >= 0.3 is 0 Å². The first kappa shape index (κ1) is 19.1. The zero-order chi connectivity index (χ0) is 19.1. The van der Waals surface area contributed by atoms with Crippen molar-refractivity contribution in [1.82, 2.24) is 10.2 Å². The van der Waals surface area contributed by atoms with Crippen LogP contribution in [0.4, 0.5) is 4.39 Å². The lowest BCUT2D eigenvalue weighted by molar-refractivity contribution is -0.138. The highest BCUT2D eigenvalue weighted by Crippen LogP contribution is 2.20. The molecule has 1 heterocycles. The Bertz CT molecular complexity index is 779. The molecule has 0 aromatic heterocycles. The molecule has 1 fully saturated rings. The highest BCUT2D eigenvalue weighted by Gasteiger charge is 2.30. The van der Waals surface area contributed by atoms with Crippen LogP contribution in [0, 0.1) is 11.7 Å². The Morgan fingerprint density at radius 2 is 1.89 bits per heavy atom. The molecule has 0 saturated carbocycles. The lowest BCUT2D eigenvalue weighted by Crippen LogP contribution is -2.45. The van der Waals surface area contributed by atoms with Crippen LogP contribution in [0.1, 0.15) is 30.4 Å². The molecule has 27 heavy (non-hydrogen) atoms. The van der Waals surface area contributed by atoms with Crippen LogP contribution in [0.3, 0.4) is 0 Å². The molecule has 0 radical (unpaired) electrons. The molecule has 1 atom stereocenters. The molecule has 0 aliphatic carbocycles. The minimum atomic E-state index is -0.315. The molecule has 5 heteroatoms. The van der Waals surface area contributed by atoms with Gasteiger partial charge in [0.1, 0.15) is 5.82 Å². The topological polar surface area (TPSA) is 49.4 Å². The lowest BCUT2D eigenvalue weighted by atomic mass is 9.96. The number of aryl methyl sites for hydroxylation is 1. The molecule has 2 amide bonds. The molecule has 0 bridgehead atoms. The number of rotatable bonds is 7. The van der Waals surface area contributed by atoms with Gasteiger partial charge in [0.15, 0.2) is 0 Å². The Morgan fingerprint density at radius 3 is 2.67 bits per heavy atom. The summed E-state index contributed by atoms with van der Waals surface area (Å²) >= 11 is 0. The van der Waals surface area contributed by atoms with Gasteiger partial charge in [0.25, 0.3) is 0 Å². The van der Waals surface area contributed by atoms with E-state index in [1.165, 1.54) is 17.7 Å². The molecule has 142 valence electrons. The Kier molecular flexibility index (Phi) is 6.58. The largest absolute Gasteiger partial charge is 0.356 e. The SMILES string of the molecule is O=C(NCCCc1ccccc1)C1CCC(=O)N(Cc2cccc(F)c2)C1. The third kappa shape index (κ3) is 5.64. The van der Waals surface area contributed by atoms with Gasteiger partial charge in [0.05, 0.1) is 5.92 Å². The van der Waals surface area contributed by atoms with E-state index in [1.807, 2.05) is 18.2 Å². The van der Waals surface area contributed by atoms with E-state index in [4.69, 9.17) is 0 Å². The van der Waals surface area contributed by atoms with Gasteiger partial charge in [-0.2, -0.15) is 0 Å². The molecule has 2 aromatic rings. The van der Waals surface area contributed by atoms with E-state index in [2.05, 4.69) is 17.4 Å². The molecular weight excluding hydrogens is 343 g/mol. The van der Waals surface area contributed by atoms with E-state index in [0.717, 1.165) is 18.4 Å². The van der Waals surface area contributed by atoms with Crippen LogP contribution in [0.5, 0.6) is 0 Å². The third-order valence-corrected chi connectivity index (χ3v) is 4.92. The lowest BCUT2D eigenvalue weighted by Gasteiger charge is -2.32. The second-order valence-electron chi connectivity index (χ2n) is 7.02. The Labute approximate surface area is 159 Å².